The lowest BCUT2D eigenvalue weighted by Gasteiger charge is -2.08. The van der Waals surface area contributed by atoms with Gasteiger partial charge in [-0.05, 0) is 30.3 Å². The van der Waals surface area contributed by atoms with Crippen molar-refractivity contribution in [3.63, 3.8) is 0 Å². The van der Waals surface area contributed by atoms with E-state index in [0.29, 0.717) is 15.2 Å². The molecule has 0 spiro atoms. The van der Waals surface area contributed by atoms with Crippen LogP contribution in [0, 0.1) is 0 Å². The Hall–Kier alpha value is -1.83. The number of nitrogens with zero attached hydrogens (tertiary/aromatic N) is 1. The summed E-state index contributed by atoms with van der Waals surface area (Å²) in [7, 11) is 0. The fraction of sp³-hybridized carbons (Fsp3) is 0.0667. The zero-order valence-corrected chi connectivity index (χ0v) is 13.9. The van der Waals surface area contributed by atoms with Crippen LogP contribution in [0.1, 0.15) is 15.9 Å². The summed E-state index contributed by atoms with van der Waals surface area (Å²) in [5.41, 5.74) is -0.587. The summed E-state index contributed by atoms with van der Waals surface area (Å²) in [6.07, 6.45) is -4.52. The lowest BCUT2D eigenvalue weighted by atomic mass is 10.1. The Balaban J connectivity index is 1.89. The van der Waals surface area contributed by atoms with Crippen molar-refractivity contribution in [2.24, 2.45) is 0 Å². The van der Waals surface area contributed by atoms with Crippen LogP contribution in [-0.2, 0) is 6.18 Å². The van der Waals surface area contributed by atoms with Crippen molar-refractivity contribution >= 4 is 55.8 Å². The van der Waals surface area contributed by atoms with Gasteiger partial charge in [0.2, 0.25) is 0 Å². The Kier molecular flexibility index (Phi) is 4.42. The first-order chi connectivity index (χ1) is 11.3. The third kappa shape index (κ3) is 3.33. The summed E-state index contributed by atoms with van der Waals surface area (Å²) in [6, 6.07) is 7.45. The molecule has 124 valence electrons. The van der Waals surface area contributed by atoms with Crippen LogP contribution in [0.25, 0.3) is 10.2 Å². The summed E-state index contributed by atoms with van der Waals surface area (Å²) in [5, 5.41) is 3.27. The van der Waals surface area contributed by atoms with Crippen LogP contribution in [0.4, 0.5) is 18.3 Å². The number of fused-ring (bicyclic) bond motifs is 1. The molecule has 3 nitrogen and oxygen atoms in total. The van der Waals surface area contributed by atoms with Gasteiger partial charge in [0, 0.05) is 5.56 Å². The fourth-order valence-corrected chi connectivity index (χ4v) is 3.28. The minimum Gasteiger partial charge on any atom is -0.298 e. The molecule has 0 radical (unpaired) electrons. The molecule has 0 aliphatic carbocycles. The molecule has 0 atom stereocenters. The largest absolute Gasteiger partial charge is 0.416 e. The van der Waals surface area contributed by atoms with E-state index in [-0.39, 0.29) is 15.7 Å². The van der Waals surface area contributed by atoms with E-state index in [1.54, 1.807) is 12.1 Å². The topological polar surface area (TPSA) is 42.0 Å². The molecular weight excluding hydrogens is 384 g/mol. The van der Waals surface area contributed by atoms with Crippen molar-refractivity contribution in [2.75, 3.05) is 5.32 Å². The van der Waals surface area contributed by atoms with Crippen molar-refractivity contribution in [1.29, 1.82) is 0 Å². The molecule has 0 fully saturated rings. The number of benzene rings is 2. The normalized spacial score (nSPS) is 11.7. The standard InChI is InChI=1S/C15H7Cl2F3N2OS/c16-9-4-5-10-12(11(9)17)21-14(24-10)22-13(23)7-2-1-3-8(6-7)15(18,19)20/h1-6H,(H,21,22,23). The number of anilines is 1. The number of carbonyl (C=O) groups excluding carboxylic acids is 1. The molecule has 1 N–H and O–H groups in total. The Morgan fingerprint density at radius 1 is 1.17 bits per heavy atom. The number of halogens is 5. The molecule has 1 amide bonds. The highest BCUT2D eigenvalue weighted by Gasteiger charge is 2.31. The van der Waals surface area contributed by atoms with Crippen molar-refractivity contribution in [3.05, 3.63) is 57.6 Å². The summed E-state index contributed by atoms with van der Waals surface area (Å²) in [6.45, 7) is 0. The highest BCUT2D eigenvalue weighted by atomic mass is 35.5. The lowest BCUT2D eigenvalue weighted by Crippen LogP contribution is -2.13. The van der Waals surface area contributed by atoms with Gasteiger partial charge < -0.3 is 0 Å². The molecule has 2 aromatic carbocycles. The predicted molar refractivity (Wildman–Crippen MR) is 89.0 cm³/mol. The Labute approximate surface area is 148 Å². The van der Waals surface area contributed by atoms with Crippen molar-refractivity contribution in [3.8, 4) is 0 Å². The van der Waals surface area contributed by atoms with Gasteiger partial charge in [0.05, 0.1) is 20.3 Å². The van der Waals surface area contributed by atoms with Crippen molar-refractivity contribution < 1.29 is 18.0 Å². The average Bonchev–Trinajstić information content (AvgIpc) is 2.94. The highest BCUT2D eigenvalue weighted by molar-refractivity contribution is 7.22. The minimum absolute atomic E-state index is 0.117. The third-order valence-corrected chi connectivity index (χ3v) is 4.85. The number of carbonyl (C=O) groups is 1. The molecule has 1 heterocycles. The number of hydrogen-bond donors (Lipinski definition) is 1. The monoisotopic (exact) mass is 390 g/mol. The van der Waals surface area contributed by atoms with E-state index >= 15 is 0 Å². The second-order valence-electron chi connectivity index (χ2n) is 4.76. The van der Waals surface area contributed by atoms with Gasteiger partial charge in [0.25, 0.3) is 5.91 Å². The van der Waals surface area contributed by atoms with E-state index in [9.17, 15) is 18.0 Å². The molecule has 24 heavy (non-hydrogen) atoms. The van der Waals surface area contributed by atoms with E-state index in [4.69, 9.17) is 23.2 Å². The zero-order valence-electron chi connectivity index (χ0n) is 11.6. The first-order valence-corrected chi connectivity index (χ1v) is 8.06. The second-order valence-corrected chi connectivity index (χ2v) is 6.58. The molecule has 3 rings (SSSR count). The van der Waals surface area contributed by atoms with E-state index < -0.39 is 17.6 Å². The summed E-state index contributed by atoms with van der Waals surface area (Å²) in [5.74, 6) is -0.692. The van der Waals surface area contributed by atoms with Gasteiger partial charge in [-0.2, -0.15) is 13.2 Å². The van der Waals surface area contributed by atoms with E-state index in [0.717, 1.165) is 23.5 Å². The SMILES string of the molecule is O=C(Nc1nc2c(Cl)c(Cl)ccc2s1)c1cccc(C(F)(F)F)c1. The van der Waals surface area contributed by atoms with Crippen LogP contribution >= 0.6 is 34.5 Å². The molecule has 0 aliphatic rings. The molecule has 0 bridgehead atoms. The van der Waals surface area contributed by atoms with Gasteiger partial charge in [-0.3, -0.25) is 10.1 Å². The van der Waals surface area contributed by atoms with Gasteiger partial charge in [0.1, 0.15) is 5.52 Å². The number of nitrogens with one attached hydrogen (secondary N) is 1. The predicted octanol–water partition coefficient (Wildman–Crippen LogP) is 5.87. The van der Waals surface area contributed by atoms with Gasteiger partial charge >= 0.3 is 6.18 Å². The van der Waals surface area contributed by atoms with E-state index in [1.807, 2.05) is 0 Å². The molecule has 0 saturated heterocycles. The van der Waals surface area contributed by atoms with Crippen LogP contribution in [0.5, 0.6) is 0 Å². The molecule has 1 aromatic heterocycles. The maximum absolute atomic E-state index is 12.7. The quantitative estimate of drug-likeness (QED) is 0.593. The maximum atomic E-state index is 12.7. The van der Waals surface area contributed by atoms with Crippen LogP contribution in [0.3, 0.4) is 0 Å². The number of hydrogen-bond acceptors (Lipinski definition) is 3. The molecule has 3 aromatic rings. The van der Waals surface area contributed by atoms with Gasteiger partial charge in [-0.15, -0.1) is 0 Å². The zero-order chi connectivity index (χ0) is 17.5. The van der Waals surface area contributed by atoms with Crippen molar-refractivity contribution in [1.82, 2.24) is 4.98 Å². The first-order valence-electron chi connectivity index (χ1n) is 6.49. The van der Waals surface area contributed by atoms with E-state index in [2.05, 4.69) is 10.3 Å². The number of thiazole rings is 1. The Morgan fingerprint density at radius 3 is 2.62 bits per heavy atom. The highest BCUT2D eigenvalue weighted by Crippen LogP contribution is 2.35. The van der Waals surface area contributed by atoms with Crippen LogP contribution < -0.4 is 5.32 Å². The molecular formula is C15H7Cl2F3N2OS. The van der Waals surface area contributed by atoms with Gasteiger partial charge in [0.15, 0.2) is 5.13 Å². The molecule has 9 heteroatoms. The smallest absolute Gasteiger partial charge is 0.298 e. The van der Waals surface area contributed by atoms with E-state index in [1.165, 1.54) is 12.1 Å². The second kappa shape index (κ2) is 6.23. The summed E-state index contributed by atoms with van der Waals surface area (Å²) >= 11 is 13.1. The lowest BCUT2D eigenvalue weighted by molar-refractivity contribution is -0.137. The molecule has 0 aliphatic heterocycles. The Bertz CT molecular complexity index is 940. The summed E-state index contributed by atoms with van der Waals surface area (Å²) < 4.78 is 38.8. The fourth-order valence-electron chi connectivity index (χ4n) is 2.00. The van der Waals surface area contributed by atoms with Crippen molar-refractivity contribution in [2.45, 2.75) is 6.18 Å². The average molecular weight is 391 g/mol. The third-order valence-electron chi connectivity index (χ3n) is 3.12. The number of rotatable bonds is 2. The van der Waals surface area contributed by atoms with Crippen LogP contribution in [0.2, 0.25) is 10.0 Å². The number of alkyl halides is 3. The Morgan fingerprint density at radius 2 is 1.92 bits per heavy atom. The summed E-state index contributed by atoms with van der Waals surface area (Å²) in [4.78, 5) is 16.3. The molecule has 0 unspecified atom stereocenters. The maximum Gasteiger partial charge on any atom is 0.416 e. The first kappa shape index (κ1) is 17.0. The van der Waals surface area contributed by atoms with Gasteiger partial charge in [-0.1, -0.05) is 40.6 Å². The van der Waals surface area contributed by atoms with Crippen LogP contribution in [0.15, 0.2) is 36.4 Å². The number of amides is 1. The molecule has 0 saturated carbocycles. The van der Waals surface area contributed by atoms with Gasteiger partial charge in [-0.25, -0.2) is 4.98 Å². The minimum atomic E-state index is -4.52. The van der Waals surface area contributed by atoms with Crippen LogP contribution in [-0.4, -0.2) is 10.9 Å². The number of aromatic nitrogens is 1.